The average Bonchev–Trinajstić information content (AvgIpc) is 2.87. The van der Waals surface area contributed by atoms with Gasteiger partial charge in [0, 0.05) is 18.5 Å². The first-order chi connectivity index (χ1) is 18.3. The number of halogens is 3. The van der Waals surface area contributed by atoms with Crippen LogP contribution in [0, 0.1) is 0 Å². The van der Waals surface area contributed by atoms with E-state index in [0.29, 0.717) is 18.1 Å². The lowest BCUT2D eigenvalue weighted by molar-refractivity contribution is -0.139. The number of hydrogen-bond donors (Lipinski definition) is 1. The summed E-state index contributed by atoms with van der Waals surface area (Å²) < 4.78 is 45.8. The number of aliphatic carboxylic acids is 1. The second kappa shape index (κ2) is 11.1. The van der Waals surface area contributed by atoms with Crippen LogP contribution in [0.5, 0.6) is 5.75 Å². The third-order valence-electron chi connectivity index (χ3n) is 7.05. The summed E-state index contributed by atoms with van der Waals surface area (Å²) in [5.74, 6) is -0.701. The molecule has 0 saturated carbocycles. The third kappa shape index (κ3) is 6.99. The third-order valence-corrected chi connectivity index (χ3v) is 7.05. The molecule has 0 spiro atoms. The van der Waals surface area contributed by atoms with Crippen molar-refractivity contribution in [1.82, 2.24) is 4.90 Å². The number of carbonyl (C=O) groups excluding carboxylic acids is 1. The fourth-order valence-electron chi connectivity index (χ4n) is 4.91. The van der Waals surface area contributed by atoms with Crippen LogP contribution in [0.1, 0.15) is 71.3 Å². The number of ether oxygens (including phenoxy) is 1. The van der Waals surface area contributed by atoms with E-state index in [1.54, 1.807) is 18.2 Å². The molecule has 1 amide bonds. The van der Waals surface area contributed by atoms with E-state index in [1.807, 2.05) is 0 Å². The molecular weight excluding hydrogens is 507 g/mol. The van der Waals surface area contributed by atoms with Gasteiger partial charge >= 0.3 is 12.1 Å². The number of carbonyl (C=O) groups is 2. The quantitative estimate of drug-likeness (QED) is 0.339. The first-order valence-corrected chi connectivity index (χ1v) is 12.9. The lowest BCUT2D eigenvalue weighted by Crippen LogP contribution is -2.39. The van der Waals surface area contributed by atoms with Gasteiger partial charge in [0.05, 0.1) is 5.56 Å². The van der Waals surface area contributed by atoms with Gasteiger partial charge in [-0.05, 0) is 78.3 Å². The highest BCUT2D eigenvalue weighted by Gasteiger charge is 2.33. The van der Waals surface area contributed by atoms with Crippen molar-refractivity contribution in [3.63, 3.8) is 0 Å². The van der Waals surface area contributed by atoms with Crippen molar-refractivity contribution in [3.05, 3.63) is 100 Å². The van der Waals surface area contributed by atoms with Gasteiger partial charge in [-0.2, -0.15) is 13.2 Å². The van der Waals surface area contributed by atoms with E-state index in [2.05, 4.69) is 45.0 Å². The number of carboxylic acid groups (broad SMARTS) is 1. The molecule has 0 radical (unpaired) electrons. The van der Waals surface area contributed by atoms with Crippen LogP contribution in [0.25, 0.3) is 0 Å². The molecule has 39 heavy (non-hydrogen) atoms. The Morgan fingerprint density at radius 3 is 2.38 bits per heavy atom. The maximum atomic E-state index is 13.3. The summed E-state index contributed by atoms with van der Waals surface area (Å²) in [6.45, 7) is 5.47. The Kier molecular flexibility index (Phi) is 8.04. The van der Waals surface area contributed by atoms with E-state index in [4.69, 9.17) is 4.74 Å². The molecule has 0 fully saturated rings. The Bertz CT molecular complexity index is 1350. The normalized spacial score (nSPS) is 16.9. The van der Waals surface area contributed by atoms with Crippen molar-refractivity contribution in [1.29, 1.82) is 0 Å². The molecule has 1 aliphatic rings. The fourth-order valence-corrected chi connectivity index (χ4v) is 4.91. The van der Waals surface area contributed by atoms with E-state index < -0.39 is 35.8 Å². The van der Waals surface area contributed by atoms with Crippen LogP contribution >= 0.6 is 0 Å². The van der Waals surface area contributed by atoms with Gasteiger partial charge in [0.2, 0.25) is 0 Å². The number of hydrogen-bond acceptors (Lipinski definition) is 3. The fraction of sp³-hybridized carbons (Fsp3) is 0.355. The number of amides is 1. The molecule has 3 aromatic rings. The minimum Gasteiger partial charge on any atom is -0.487 e. The zero-order valence-electron chi connectivity index (χ0n) is 22.2. The van der Waals surface area contributed by atoms with Crippen LogP contribution in [0.2, 0.25) is 0 Å². The molecule has 4 rings (SSSR count). The van der Waals surface area contributed by atoms with Crippen LogP contribution < -0.4 is 4.74 Å². The predicted molar refractivity (Wildman–Crippen MR) is 142 cm³/mol. The largest absolute Gasteiger partial charge is 0.487 e. The Morgan fingerprint density at radius 2 is 1.74 bits per heavy atom. The van der Waals surface area contributed by atoms with Crippen molar-refractivity contribution in [2.45, 2.75) is 64.3 Å². The van der Waals surface area contributed by atoms with Crippen molar-refractivity contribution in [2.24, 2.45) is 0 Å². The van der Waals surface area contributed by atoms with E-state index >= 15 is 0 Å². The van der Waals surface area contributed by atoms with Gasteiger partial charge in [-0.1, -0.05) is 50.2 Å². The minimum absolute atomic E-state index is 0.193. The summed E-state index contributed by atoms with van der Waals surface area (Å²) >= 11 is 0. The topological polar surface area (TPSA) is 66.8 Å². The zero-order chi connectivity index (χ0) is 28.4. The van der Waals surface area contributed by atoms with Gasteiger partial charge < -0.3 is 14.7 Å². The number of aryl methyl sites for hydroxylation is 1. The summed E-state index contributed by atoms with van der Waals surface area (Å²) in [5, 5.41) is 9.36. The van der Waals surface area contributed by atoms with Crippen LogP contribution in [0.15, 0.2) is 66.7 Å². The van der Waals surface area contributed by atoms with Crippen LogP contribution in [0.3, 0.4) is 0 Å². The molecule has 5 nitrogen and oxygen atoms in total. The van der Waals surface area contributed by atoms with E-state index in [0.717, 1.165) is 35.4 Å². The van der Waals surface area contributed by atoms with Gasteiger partial charge in [0.25, 0.3) is 5.91 Å². The van der Waals surface area contributed by atoms with Crippen LogP contribution in [-0.2, 0) is 30.4 Å². The Labute approximate surface area is 226 Å². The summed E-state index contributed by atoms with van der Waals surface area (Å²) in [7, 11) is 0. The molecule has 0 unspecified atom stereocenters. The van der Waals surface area contributed by atoms with Gasteiger partial charge in [-0.15, -0.1) is 0 Å². The van der Waals surface area contributed by atoms with E-state index in [1.165, 1.54) is 23.3 Å². The predicted octanol–water partition coefficient (Wildman–Crippen LogP) is 6.88. The lowest BCUT2D eigenvalue weighted by atomic mass is 9.86. The average molecular weight is 540 g/mol. The second-order valence-electron chi connectivity index (χ2n) is 10.7. The van der Waals surface area contributed by atoms with E-state index in [9.17, 15) is 27.9 Å². The maximum Gasteiger partial charge on any atom is 0.416 e. The summed E-state index contributed by atoms with van der Waals surface area (Å²) in [6, 6.07) is 18.1. The monoisotopic (exact) mass is 539 g/mol. The van der Waals surface area contributed by atoms with Crippen molar-refractivity contribution < 1.29 is 32.6 Å². The van der Waals surface area contributed by atoms with Crippen molar-refractivity contribution in [2.75, 3.05) is 6.54 Å². The van der Waals surface area contributed by atoms with Gasteiger partial charge in [-0.25, -0.2) is 0 Å². The number of rotatable bonds is 8. The number of benzene rings is 3. The highest BCUT2D eigenvalue weighted by molar-refractivity contribution is 5.96. The molecule has 206 valence electrons. The summed E-state index contributed by atoms with van der Waals surface area (Å²) in [5.41, 5.74) is 2.47. The van der Waals surface area contributed by atoms with Gasteiger partial charge in [-0.3, -0.25) is 9.59 Å². The van der Waals surface area contributed by atoms with E-state index in [-0.39, 0.29) is 17.7 Å². The standard InChI is InChI=1S/C31H32F3NO4/c1-20(2)23-9-7-21(8-10-23)17-30(3)14-13-24-16-25(11-12-27(24)39-30)29(38)35(19-28(36)37)18-22-5-4-6-26(15-22)31(32,33)34/h4-12,15-16,20H,13-14,17-19H2,1-3H3,(H,36,37)/t30-/m0/s1. The second-order valence-corrected chi connectivity index (χ2v) is 10.7. The van der Waals surface area contributed by atoms with Crippen molar-refractivity contribution >= 4 is 11.9 Å². The minimum atomic E-state index is -4.54. The highest BCUT2D eigenvalue weighted by atomic mass is 19.4. The molecular formula is C31H32F3NO4. The first-order valence-electron chi connectivity index (χ1n) is 12.9. The van der Waals surface area contributed by atoms with Crippen LogP contribution in [0.4, 0.5) is 13.2 Å². The zero-order valence-corrected chi connectivity index (χ0v) is 22.2. The lowest BCUT2D eigenvalue weighted by Gasteiger charge is -2.36. The molecule has 1 aliphatic heterocycles. The van der Waals surface area contributed by atoms with Gasteiger partial charge in [0.15, 0.2) is 0 Å². The number of alkyl halides is 3. The van der Waals surface area contributed by atoms with Gasteiger partial charge in [0.1, 0.15) is 17.9 Å². The molecule has 0 bridgehead atoms. The summed E-state index contributed by atoms with van der Waals surface area (Å²) in [6.07, 6.45) is -2.41. The molecule has 1 N–H and O–H groups in total. The molecule has 0 saturated heterocycles. The summed E-state index contributed by atoms with van der Waals surface area (Å²) in [4.78, 5) is 25.8. The SMILES string of the molecule is CC(C)c1ccc(C[C@]2(C)CCc3cc(C(=O)N(CC(=O)O)Cc4cccc(C(F)(F)F)c4)ccc3O2)cc1. The molecule has 8 heteroatoms. The molecule has 1 atom stereocenters. The molecule has 1 heterocycles. The van der Waals surface area contributed by atoms with Crippen molar-refractivity contribution in [3.8, 4) is 5.75 Å². The Morgan fingerprint density at radius 1 is 1.03 bits per heavy atom. The molecule has 0 aliphatic carbocycles. The number of carboxylic acids is 1. The molecule has 0 aromatic heterocycles. The number of nitrogens with zero attached hydrogens (tertiary/aromatic N) is 1. The Hall–Kier alpha value is -3.81. The highest BCUT2D eigenvalue weighted by Crippen LogP contribution is 2.36. The Balaban J connectivity index is 1.50. The first kappa shape index (κ1) is 28.2. The van der Waals surface area contributed by atoms with Crippen LogP contribution in [-0.4, -0.2) is 34.0 Å². The number of fused-ring (bicyclic) bond motifs is 1. The maximum absolute atomic E-state index is 13.3. The smallest absolute Gasteiger partial charge is 0.416 e. The molecule has 3 aromatic carbocycles.